The Morgan fingerprint density at radius 2 is 1.25 bits per heavy atom. The van der Waals surface area contributed by atoms with Crippen molar-refractivity contribution in [1.82, 2.24) is 0 Å². The molecule has 0 saturated carbocycles. The number of alkyl halides is 2. The van der Waals surface area contributed by atoms with Crippen LogP contribution in [0.15, 0.2) is 0 Å². The fourth-order valence-corrected chi connectivity index (χ4v) is 0. The molecule has 0 aliphatic heterocycles. The van der Waals surface area contributed by atoms with Crippen molar-refractivity contribution in [3.63, 3.8) is 0 Å². The molecular formula is C5H12F2Si. The van der Waals surface area contributed by atoms with Crippen LogP contribution in [0, 0.1) is 0 Å². The predicted octanol–water partition coefficient (Wildman–Crippen LogP) is 2.52. The zero-order chi connectivity index (χ0) is 7.00. The molecule has 8 heavy (non-hydrogen) atoms. The van der Waals surface area contributed by atoms with E-state index in [9.17, 15) is 8.78 Å². The lowest BCUT2D eigenvalue weighted by atomic mass is 10.8. The molecule has 0 amide bonds. The van der Waals surface area contributed by atoms with Gasteiger partial charge in [-0.3, -0.25) is 0 Å². The fraction of sp³-hybridized carbons (Fsp3) is 1.00. The van der Waals surface area contributed by atoms with E-state index >= 15 is 0 Å². The molecule has 0 radical (unpaired) electrons. The highest BCUT2D eigenvalue weighted by atomic mass is 28.3. The molecule has 3 heteroatoms. The Kier molecular flexibility index (Phi) is 1.81. The van der Waals surface area contributed by atoms with Crippen LogP contribution in [0.5, 0.6) is 0 Å². The Balaban J connectivity index is 4.02. The predicted molar refractivity (Wildman–Crippen MR) is 34.0 cm³/mol. The maximum Gasteiger partial charge on any atom is 0.226 e. The number of hydrogen-bond acceptors (Lipinski definition) is 0. The number of rotatable bonds is 1. The van der Waals surface area contributed by atoms with Gasteiger partial charge in [0.15, 0.2) is 0 Å². The van der Waals surface area contributed by atoms with Crippen LogP contribution in [0.25, 0.3) is 0 Å². The van der Waals surface area contributed by atoms with Crippen LogP contribution in [0.3, 0.4) is 0 Å². The van der Waals surface area contributed by atoms with Crippen LogP contribution in [-0.2, 0) is 0 Å². The van der Waals surface area contributed by atoms with E-state index in [1.54, 1.807) is 19.6 Å². The standard InChI is InChI=1S/C5H12F2Si/c1-5(6,7)8(2,3)4/h1-4H3. The zero-order valence-corrected chi connectivity index (χ0v) is 6.76. The molecule has 0 bridgehead atoms. The average molecular weight is 138 g/mol. The summed E-state index contributed by atoms with van der Waals surface area (Å²) >= 11 is 0. The van der Waals surface area contributed by atoms with E-state index in [4.69, 9.17) is 0 Å². The van der Waals surface area contributed by atoms with Crippen molar-refractivity contribution < 1.29 is 8.78 Å². The smallest absolute Gasteiger partial charge is 0.212 e. The minimum Gasteiger partial charge on any atom is -0.212 e. The van der Waals surface area contributed by atoms with Gasteiger partial charge >= 0.3 is 0 Å². The molecule has 0 aromatic heterocycles. The van der Waals surface area contributed by atoms with E-state index < -0.39 is 13.6 Å². The summed E-state index contributed by atoms with van der Waals surface area (Å²) in [6.07, 6.45) is 0. The molecule has 0 aromatic rings. The molecule has 0 aromatic carbocycles. The van der Waals surface area contributed by atoms with Gasteiger partial charge in [0, 0.05) is 0 Å². The van der Waals surface area contributed by atoms with Crippen LogP contribution >= 0.6 is 0 Å². The molecule has 0 saturated heterocycles. The van der Waals surface area contributed by atoms with E-state index in [0.29, 0.717) is 0 Å². The molecule has 0 N–H and O–H groups in total. The zero-order valence-electron chi connectivity index (χ0n) is 5.76. The molecule has 0 fully saturated rings. The van der Waals surface area contributed by atoms with Crippen molar-refractivity contribution >= 4 is 8.07 Å². The molecule has 0 heterocycles. The van der Waals surface area contributed by atoms with Crippen LogP contribution in [0.1, 0.15) is 6.92 Å². The molecule has 0 atom stereocenters. The van der Waals surface area contributed by atoms with E-state index in [2.05, 4.69) is 0 Å². The van der Waals surface area contributed by atoms with E-state index in [-0.39, 0.29) is 0 Å². The van der Waals surface area contributed by atoms with Crippen molar-refractivity contribution in [1.29, 1.82) is 0 Å². The Morgan fingerprint density at radius 3 is 1.25 bits per heavy atom. The van der Waals surface area contributed by atoms with Crippen molar-refractivity contribution in [3.8, 4) is 0 Å². The van der Waals surface area contributed by atoms with E-state index in [1.165, 1.54) is 0 Å². The lowest BCUT2D eigenvalue weighted by Gasteiger charge is -2.23. The summed E-state index contributed by atoms with van der Waals surface area (Å²) in [5, 5.41) is 0. The maximum atomic E-state index is 12.3. The molecular weight excluding hydrogens is 126 g/mol. The van der Waals surface area contributed by atoms with Crippen LogP contribution in [0.2, 0.25) is 19.6 Å². The molecule has 0 rings (SSSR count). The quantitative estimate of drug-likeness (QED) is 0.488. The van der Waals surface area contributed by atoms with Crippen molar-refractivity contribution in [2.45, 2.75) is 32.1 Å². The topological polar surface area (TPSA) is 0 Å². The van der Waals surface area contributed by atoms with Gasteiger partial charge in [-0.05, 0) is 6.92 Å². The second kappa shape index (κ2) is 1.79. The van der Waals surface area contributed by atoms with Gasteiger partial charge in [0.05, 0.1) is 0 Å². The Morgan fingerprint density at radius 1 is 1.12 bits per heavy atom. The highest BCUT2D eigenvalue weighted by Gasteiger charge is 2.39. The summed E-state index contributed by atoms with van der Waals surface area (Å²) in [7, 11) is -2.19. The lowest BCUT2D eigenvalue weighted by Crippen LogP contribution is -2.42. The molecule has 0 unspecified atom stereocenters. The van der Waals surface area contributed by atoms with Gasteiger partial charge in [-0.25, -0.2) is 8.78 Å². The van der Waals surface area contributed by atoms with Gasteiger partial charge in [-0.15, -0.1) is 0 Å². The highest BCUT2D eigenvalue weighted by Crippen LogP contribution is 2.25. The first kappa shape index (κ1) is 8.08. The summed E-state index contributed by atoms with van der Waals surface area (Å²) in [5.74, 6) is 0. The third-order valence-electron chi connectivity index (χ3n) is 1.32. The molecule has 0 aliphatic carbocycles. The largest absolute Gasteiger partial charge is 0.226 e. The van der Waals surface area contributed by atoms with Crippen LogP contribution in [0.4, 0.5) is 8.78 Å². The number of halogens is 2. The summed E-state index contributed by atoms with van der Waals surface area (Å²) in [6, 6.07) is 0. The molecule has 50 valence electrons. The van der Waals surface area contributed by atoms with Gasteiger partial charge < -0.3 is 0 Å². The van der Waals surface area contributed by atoms with E-state index in [0.717, 1.165) is 6.92 Å². The van der Waals surface area contributed by atoms with Crippen molar-refractivity contribution in [2.24, 2.45) is 0 Å². The second-order valence-corrected chi connectivity index (χ2v) is 8.52. The summed E-state index contributed by atoms with van der Waals surface area (Å²) in [5.41, 5.74) is -2.42. The first-order valence-electron chi connectivity index (χ1n) is 2.63. The summed E-state index contributed by atoms with van der Waals surface area (Å²) in [6.45, 7) is 5.98. The maximum absolute atomic E-state index is 12.3. The SMILES string of the molecule is CC(F)(F)[Si](C)(C)C. The van der Waals surface area contributed by atoms with Crippen LogP contribution < -0.4 is 0 Å². The van der Waals surface area contributed by atoms with Gasteiger partial charge in [0.25, 0.3) is 0 Å². The number of hydrogen-bond donors (Lipinski definition) is 0. The lowest BCUT2D eigenvalue weighted by molar-refractivity contribution is 0.104. The first-order chi connectivity index (χ1) is 3.25. The Hall–Kier alpha value is 0.0769. The minimum atomic E-state index is -2.42. The van der Waals surface area contributed by atoms with Crippen LogP contribution in [-0.4, -0.2) is 13.6 Å². The molecule has 0 aliphatic rings. The molecule has 0 spiro atoms. The summed E-state index contributed by atoms with van der Waals surface area (Å²) < 4.78 is 24.6. The normalized spacial score (nSPS) is 14.2. The molecule has 0 nitrogen and oxygen atoms in total. The van der Waals surface area contributed by atoms with Crippen molar-refractivity contribution in [2.75, 3.05) is 0 Å². The Labute approximate surface area is 49.9 Å². The van der Waals surface area contributed by atoms with Crippen molar-refractivity contribution in [3.05, 3.63) is 0 Å². The third-order valence-corrected chi connectivity index (χ3v) is 3.95. The summed E-state index contributed by atoms with van der Waals surface area (Å²) in [4.78, 5) is 0. The second-order valence-electron chi connectivity index (χ2n) is 3.14. The average Bonchev–Trinajstić information content (AvgIpc) is 1.25. The van der Waals surface area contributed by atoms with Gasteiger partial charge in [0.1, 0.15) is 8.07 Å². The highest BCUT2D eigenvalue weighted by molar-refractivity contribution is 6.78. The monoisotopic (exact) mass is 138 g/mol. The van der Waals surface area contributed by atoms with Gasteiger partial charge in [-0.2, -0.15) is 0 Å². The minimum absolute atomic E-state index is 0.999. The van der Waals surface area contributed by atoms with Gasteiger partial charge in [-0.1, -0.05) is 19.6 Å². The van der Waals surface area contributed by atoms with E-state index in [1.807, 2.05) is 0 Å². The first-order valence-corrected chi connectivity index (χ1v) is 6.13. The third kappa shape index (κ3) is 1.90. The van der Waals surface area contributed by atoms with Gasteiger partial charge in [0.2, 0.25) is 5.55 Å². The Bertz CT molecular complexity index is 65.4. The fourth-order valence-electron chi connectivity index (χ4n) is 0.